The van der Waals surface area contributed by atoms with Gasteiger partial charge in [0.1, 0.15) is 11.6 Å². The fraction of sp³-hybridized carbons (Fsp3) is 0.375. The molecular formula is C24H25F4N3O2. The van der Waals surface area contributed by atoms with Crippen molar-refractivity contribution < 1.29 is 27.1 Å². The summed E-state index contributed by atoms with van der Waals surface area (Å²) in [4.78, 5) is 17.1. The second-order valence-corrected chi connectivity index (χ2v) is 8.58. The fourth-order valence-corrected chi connectivity index (χ4v) is 4.68. The standard InChI is InChI=1S/C24H25F4N3O2/c1-15-10-21(29)17(11-22(15)33-24(26,27)28)4-9-23(32)31-19-7-8-20(31)14-30(13-19)12-16-2-5-18(25)6-3-16/h2-6,9-11,19-20H,7-8,12-14,29H2,1H3/b9-4+. The van der Waals surface area contributed by atoms with Crippen LogP contribution in [0.25, 0.3) is 6.08 Å². The second kappa shape index (κ2) is 9.05. The Morgan fingerprint density at radius 3 is 2.39 bits per heavy atom. The molecular weight excluding hydrogens is 438 g/mol. The monoisotopic (exact) mass is 463 g/mol. The minimum absolute atomic E-state index is 0.0563. The number of hydrogen-bond acceptors (Lipinski definition) is 4. The second-order valence-electron chi connectivity index (χ2n) is 8.58. The molecule has 2 aliphatic heterocycles. The molecule has 4 rings (SSSR count). The lowest BCUT2D eigenvalue weighted by atomic mass is 10.1. The van der Waals surface area contributed by atoms with Crippen LogP contribution in [0.1, 0.15) is 29.5 Å². The van der Waals surface area contributed by atoms with Crippen molar-refractivity contribution in [3.05, 3.63) is 65.0 Å². The summed E-state index contributed by atoms with van der Waals surface area (Å²) in [6, 6.07) is 9.11. The normalized spacial score (nSPS) is 21.1. The van der Waals surface area contributed by atoms with E-state index in [0.29, 0.717) is 19.6 Å². The first kappa shape index (κ1) is 23.1. The van der Waals surface area contributed by atoms with E-state index in [-0.39, 0.29) is 46.4 Å². The summed E-state index contributed by atoms with van der Waals surface area (Å²) in [6.07, 6.45) is -0.241. The highest BCUT2D eigenvalue weighted by molar-refractivity contribution is 5.93. The molecule has 33 heavy (non-hydrogen) atoms. The van der Waals surface area contributed by atoms with Crippen molar-refractivity contribution in [1.82, 2.24) is 9.80 Å². The fourth-order valence-electron chi connectivity index (χ4n) is 4.68. The van der Waals surface area contributed by atoms with Crippen molar-refractivity contribution in [3.63, 3.8) is 0 Å². The van der Waals surface area contributed by atoms with Crippen LogP contribution in [0.5, 0.6) is 5.75 Å². The summed E-state index contributed by atoms with van der Waals surface area (Å²) in [5.74, 6) is -0.812. The molecule has 2 unspecified atom stereocenters. The van der Waals surface area contributed by atoms with Crippen LogP contribution in [0, 0.1) is 12.7 Å². The first-order valence-electron chi connectivity index (χ1n) is 10.7. The minimum atomic E-state index is -4.82. The number of alkyl halides is 3. The SMILES string of the molecule is Cc1cc(N)c(/C=C/C(=O)N2C3CCC2CN(Cc2ccc(F)cc2)C3)cc1OC(F)(F)F. The Morgan fingerprint density at radius 2 is 1.79 bits per heavy atom. The largest absolute Gasteiger partial charge is 0.573 e. The molecule has 0 radical (unpaired) electrons. The molecule has 2 saturated heterocycles. The molecule has 2 aromatic rings. The zero-order valence-corrected chi connectivity index (χ0v) is 18.1. The third-order valence-corrected chi connectivity index (χ3v) is 6.14. The van der Waals surface area contributed by atoms with Crippen molar-refractivity contribution in [2.24, 2.45) is 0 Å². The van der Waals surface area contributed by atoms with Gasteiger partial charge in [0.2, 0.25) is 5.91 Å². The number of likely N-dealkylation sites (tertiary alicyclic amines) is 1. The molecule has 2 N–H and O–H groups in total. The Balaban J connectivity index is 1.43. The van der Waals surface area contributed by atoms with E-state index >= 15 is 0 Å². The average Bonchev–Trinajstić information content (AvgIpc) is 3.00. The van der Waals surface area contributed by atoms with E-state index in [9.17, 15) is 22.4 Å². The van der Waals surface area contributed by atoms with E-state index in [1.54, 1.807) is 12.1 Å². The van der Waals surface area contributed by atoms with Crippen LogP contribution in [0.2, 0.25) is 0 Å². The summed E-state index contributed by atoms with van der Waals surface area (Å²) in [6.45, 7) is 3.58. The molecule has 2 aromatic carbocycles. The Kier molecular flexibility index (Phi) is 6.34. The van der Waals surface area contributed by atoms with Crippen LogP contribution in [-0.2, 0) is 11.3 Å². The van der Waals surface area contributed by atoms with Crippen LogP contribution in [0.4, 0.5) is 23.2 Å². The number of nitrogen functional groups attached to an aromatic ring is 1. The summed E-state index contributed by atoms with van der Waals surface area (Å²) in [5, 5.41) is 0. The topological polar surface area (TPSA) is 58.8 Å². The van der Waals surface area contributed by atoms with Gasteiger partial charge < -0.3 is 15.4 Å². The first-order chi connectivity index (χ1) is 15.6. The molecule has 2 aliphatic rings. The average molecular weight is 463 g/mol. The number of aryl methyl sites for hydroxylation is 1. The first-order valence-corrected chi connectivity index (χ1v) is 10.7. The number of benzene rings is 2. The van der Waals surface area contributed by atoms with E-state index in [1.807, 2.05) is 4.90 Å². The lowest BCUT2D eigenvalue weighted by Gasteiger charge is -2.40. The molecule has 1 amide bonds. The van der Waals surface area contributed by atoms with Crippen LogP contribution in [-0.4, -0.2) is 47.2 Å². The zero-order valence-electron chi connectivity index (χ0n) is 18.1. The van der Waals surface area contributed by atoms with Crippen LogP contribution >= 0.6 is 0 Å². The van der Waals surface area contributed by atoms with Gasteiger partial charge in [-0.05, 0) is 61.2 Å². The van der Waals surface area contributed by atoms with Gasteiger partial charge in [-0.25, -0.2) is 4.39 Å². The van der Waals surface area contributed by atoms with Crippen LogP contribution in [0.15, 0.2) is 42.5 Å². The van der Waals surface area contributed by atoms with E-state index in [1.165, 1.54) is 43.3 Å². The Labute approximate surface area is 189 Å². The van der Waals surface area contributed by atoms with E-state index in [0.717, 1.165) is 18.4 Å². The van der Waals surface area contributed by atoms with Crippen molar-refractivity contribution >= 4 is 17.7 Å². The summed E-state index contributed by atoms with van der Waals surface area (Å²) in [5.41, 5.74) is 7.76. The number of ether oxygens (including phenoxy) is 1. The van der Waals surface area contributed by atoms with Crippen LogP contribution < -0.4 is 10.5 Å². The van der Waals surface area contributed by atoms with Gasteiger partial charge in [0, 0.05) is 49.0 Å². The maximum atomic E-state index is 13.1. The summed E-state index contributed by atoms with van der Waals surface area (Å²) < 4.78 is 55.1. The highest BCUT2D eigenvalue weighted by Crippen LogP contribution is 2.33. The predicted molar refractivity (Wildman–Crippen MR) is 117 cm³/mol. The number of carbonyl (C=O) groups is 1. The lowest BCUT2D eigenvalue weighted by molar-refractivity contribution is -0.274. The van der Waals surface area contributed by atoms with Crippen molar-refractivity contribution in [2.45, 2.75) is 44.8 Å². The number of halogens is 4. The predicted octanol–water partition coefficient (Wildman–Crippen LogP) is 4.50. The molecule has 5 nitrogen and oxygen atoms in total. The van der Waals surface area contributed by atoms with Crippen LogP contribution in [0.3, 0.4) is 0 Å². The third kappa shape index (κ3) is 5.47. The van der Waals surface area contributed by atoms with Gasteiger partial charge in [0.25, 0.3) is 0 Å². The molecule has 2 fully saturated rings. The zero-order chi connectivity index (χ0) is 23.8. The quantitative estimate of drug-likeness (QED) is 0.403. The minimum Gasteiger partial charge on any atom is -0.405 e. The van der Waals surface area contributed by atoms with E-state index < -0.39 is 6.36 Å². The maximum Gasteiger partial charge on any atom is 0.573 e. The van der Waals surface area contributed by atoms with E-state index in [2.05, 4.69) is 9.64 Å². The molecule has 2 bridgehead atoms. The van der Waals surface area contributed by atoms with E-state index in [4.69, 9.17) is 5.73 Å². The number of anilines is 1. The van der Waals surface area contributed by atoms with Gasteiger partial charge in [0.05, 0.1) is 0 Å². The van der Waals surface area contributed by atoms with Gasteiger partial charge in [-0.2, -0.15) is 0 Å². The van der Waals surface area contributed by atoms with Gasteiger partial charge in [-0.15, -0.1) is 13.2 Å². The Hall–Kier alpha value is -3.07. The number of fused-ring (bicyclic) bond motifs is 2. The molecule has 2 heterocycles. The summed E-state index contributed by atoms with van der Waals surface area (Å²) >= 11 is 0. The molecule has 0 aromatic heterocycles. The highest BCUT2D eigenvalue weighted by atomic mass is 19.4. The van der Waals surface area contributed by atoms with Gasteiger partial charge in [0.15, 0.2) is 0 Å². The van der Waals surface area contributed by atoms with Gasteiger partial charge >= 0.3 is 6.36 Å². The van der Waals surface area contributed by atoms with Crippen molar-refractivity contribution in [1.29, 1.82) is 0 Å². The number of nitrogens with zero attached hydrogens (tertiary/aromatic N) is 2. The molecule has 0 aliphatic carbocycles. The summed E-state index contributed by atoms with van der Waals surface area (Å²) in [7, 11) is 0. The molecule has 0 saturated carbocycles. The number of piperazine rings is 1. The van der Waals surface area contributed by atoms with Gasteiger partial charge in [-0.1, -0.05) is 12.1 Å². The number of amides is 1. The third-order valence-electron chi connectivity index (χ3n) is 6.14. The number of nitrogens with two attached hydrogens (primary N) is 1. The Bertz CT molecular complexity index is 1040. The maximum absolute atomic E-state index is 13.1. The molecule has 176 valence electrons. The molecule has 2 atom stereocenters. The van der Waals surface area contributed by atoms with Crippen molar-refractivity contribution in [2.75, 3.05) is 18.8 Å². The van der Waals surface area contributed by atoms with Crippen molar-refractivity contribution in [3.8, 4) is 5.75 Å². The van der Waals surface area contributed by atoms with Gasteiger partial charge in [-0.3, -0.25) is 9.69 Å². The Morgan fingerprint density at radius 1 is 1.15 bits per heavy atom. The molecule has 0 spiro atoms. The molecule has 9 heteroatoms. The number of rotatable bonds is 5. The number of hydrogen-bond donors (Lipinski definition) is 1. The number of carbonyl (C=O) groups excluding carboxylic acids is 1. The lowest BCUT2D eigenvalue weighted by Crippen LogP contribution is -2.55. The smallest absolute Gasteiger partial charge is 0.405 e. The highest BCUT2D eigenvalue weighted by Gasteiger charge is 2.41.